The Morgan fingerprint density at radius 2 is 2.09 bits per heavy atom. The number of hydrogen-bond donors (Lipinski definition) is 1. The minimum absolute atomic E-state index is 0.208. The lowest BCUT2D eigenvalue weighted by Gasteiger charge is -2.38. The van der Waals surface area contributed by atoms with E-state index in [1.807, 2.05) is 0 Å². The third-order valence-electron chi connectivity index (χ3n) is 4.37. The maximum Gasteiger partial charge on any atom is 0.0151 e. The SMILES string of the molecule is C=C(NCCCSCCC)C(CC(C)C)C1(C)C=CC=CC1. The highest BCUT2D eigenvalue weighted by Crippen LogP contribution is 2.42. The summed E-state index contributed by atoms with van der Waals surface area (Å²) in [5, 5.41) is 3.62. The summed E-state index contributed by atoms with van der Waals surface area (Å²) in [6.45, 7) is 14.7. The van der Waals surface area contributed by atoms with E-state index < -0.39 is 0 Å². The molecule has 1 rings (SSSR count). The second-order valence-electron chi connectivity index (χ2n) is 7.10. The first-order valence-electron chi connectivity index (χ1n) is 8.84. The predicted octanol–water partition coefficient (Wildman–Crippen LogP) is 5.81. The molecule has 0 aromatic rings. The molecular weight excluding hydrogens is 286 g/mol. The van der Waals surface area contributed by atoms with E-state index >= 15 is 0 Å². The van der Waals surface area contributed by atoms with Gasteiger partial charge in [0, 0.05) is 18.2 Å². The van der Waals surface area contributed by atoms with Crippen molar-refractivity contribution in [3.63, 3.8) is 0 Å². The second kappa shape index (κ2) is 10.2. The molecule has 0 radical (unpaired) electrons. The molecule has 0 aliphatic heterocycles. The molecule has 0 aromatic heterocycles. The van der Waals surface area contributed by atoms with Crippen molar-refractivity contribution < 1.29 is 0 Å². The van der Waals surface area contributed by atoms with Gasteiger partial charge in [-0.15, -0.1) is 0 Å². The molecule has 0 heterocycles. The van der Waals surface area contributed by atoms with E-state index in [0.717, 1.165) is 13.0 Å². The predicted molar refractivity (Wildman–Crippen MR) is 103 cm³/mol. The molecule has 0 saturated carbocycles. The van der Waals surface area contributed by atoms with Gasteiger partial charge in [-0.05, 0) is 48.5 Å². The lowest BCUT2D eigenvalue weighted by molar-refractivity contribution is 0.244. The van der Waals surface area contributed by atoms with Crippen molar-refractivity contribution in [2.24, 2.45) is 17.3 Å². The van der Waals surface area contributed by atoms with Gasteiger partial charge in [-0.2, -0.15) is 11.8 Å². The van der Waals surface area contributed by atoms with E-state index in [4.69, 9.17) is 0 Å². The van der Waals surface area contributed by atoms with Crippen molar-refractivity contribution in [3.8, 4) is 0 Å². The average Bonchev–Trinajstić information content (AvgIpc) is 2.48. The van der Waals surface area contributed by atoms with Crippen molar-refractivity contribution in [1.29, 1.82) is 0 Å². The Bertz CT molecular complexity index is 383. The minimum atomic E-state index is 0.208. The lowest BCUT2D eigenvalue weighted by Crippen LogP contribution is -2.34. The Hall–Kier alpha value is -0.630. The molecule has 2 atom stereocenters. The monoisotopic (exact) mass is 321 g/mol. The molecule has 0 spiro atoms. The molecule has 22 heavy (non-hydrogen) atoms. The van der Waals surface area contributed by atoms with E-state index in [0.29, 0.717) is 11.8 Å². The molecular formula is C20H35NS. The fourth-order valence-corrected chi connectivity index (χ4v) is 3.92. The van der Waals surface area contributed by atoms with Crippen LogP contribution < -0.4 is 5.32 Å². The first-order chi connectivity index (χ1) is 10.5. The molecule has 0 amide bonds. The van der Waals surface area contributed by atoms with Crippen LogP contribution in [0.25, 0.3) is 0 Å². The topological polar surface area (TPSA) is 12.0 Å². The highest BCUT2D eigenvalue weighted by molar-refractivity contribution is 7.99. The normalized spacial score (nSPS) is 22.0. The van der Waals surface area contributed by atoms with Gasteiger partial charge in [0.25, 0.3) is 0 Å². The summed E-state index contributed by atoms with van der Waals surface area (Å²) >= 11 is 2.06. The summed E-state index contributed by atoms with van der Waals surface area (Å²) in [7, 11) is 0. The maximum atomic E-state index is 4.39. The molecule has 1 aliphatic carbocycles. The van der Waals surface area contributed by atoms with Crippen molar-refractivity contribution in [3.05, 3.63) is 36.6 Å². The summed E-state index contributed by atoms with van der Waals surface area (Å²) in [4.78, 5) is 0. The zero-order valence-corrected chi connectivity index (χ0v) is 15.8. The quantitative estimate of drug-likeness (QED) is 0.482. The molecule has 0 aromatic carbocycles. The van der Waals surface area contributed by atoms with Crippen LogP contribution in [0.2, 0.25) is 0 Å². The van der Waals surface area contributed by atoms with Crippen LogP contribution in [-0.2, 0) is 0 Å². The number of thioether (sulfide) groups is 1. The van der Waals surface area contributed by atoms with Gasteiger partial charge in [0.1, 0.15) is 0 Å². The van der Waals surface area contributed by atoms with Crippen molar-refractivity contribution in [2.45, 2.75) is 53.4 Å². The van der Waals surface area contributed by atoms with Crippen LogP contribution in [0.15, 0.2) is 36.6 Å². The molecule has 1 aliphatic rings. The third-order valence-corrected chi connectivity index (χ3v) is 5.65. The Balaban J connectivity index is 2.51. The van der Waals surface area contributed by atoms with Gasteiger partial charge in [0.15, 0.2) is 0 Å². The third kappa shape index (κ3) is 6.64. The fraction of sp³-hybridized carbons (Fsp3) is 0.700. The summed E-state index contributed by atoms with van der Waals surface area (Å²) in [6.07, 6.45) is 13.9. The fourth-order valence-electron chi connectivity index (χ4n) is 3.08. The summed E-state index contributed by atoms with van der Waals surface area (Å²) < 4.78 is 0. The van der Waals surface area contributed by atoms with Crippen molar-refractivity contribution in [1.82, 2.24) is 5.32 Å². The zero-order chi connectivity index (χ0) is 16.4. The van der Waals surface area contributed by atoms with Crippen molar-refractivity contribution in [2.75, 3.05) is 18.1 Å². The Kier molecular flexibility index (Phi) is 9.00. The Labute approximate surface area is 142 Å². The van der Waals surface area contributed by atoms with Gasteiger partial charge in [0.05, 0.1) is 0 Å². The number of nitrogens with one attached hydrogen (secondary N) is 1. The highest BCUT2D eigenvalue weighted by atomic mass is 32.2. The Morgan fingerprint density at radius 3 is 2.68 bits per heavy atom. The van der Waals surface area contributed by atoms with Crippen LogP contribution >= 0.6 is 11.8 Å². The van der Waals surface area contributed by atoms with Crippen LogP contribution in [0.5, 0.6) is 0 Å². The summed E-state index contributed by atoms with van der Waals surface area (Å²) in [5.74, 6) is 3.74. The first kappa shape index (κ1) is 19.4. The molecule has 2 unspecified atom stereocenters. The molecule has 0 fully saturated rings. The van der Waals surface area contributed by atoms with Gasteiger partial charge in [-0.3, -0.25) is 0 Å². The lowest BCUT2D eigenvalue weighted by atomic mass is 9.68. The van der Waals surface area contributed by atoms with Crippen LogP contribution in [0, 0.1) is 17.3 Å². The first-order valence-corrected chi connectivity index (χ1v) is 10.00. The van der Waals surface area contributed by atoms with Gasteiger partial charge >= 0.3 is 0 Å². The second-order valence-corrected chi connectivity index (χ2v) is 8.32. The summed E-state index contributed by atoms with van der Waals surface area (Å²) in [6, 6.07) is 0. The van der Waals surface area contributed by atoms with E-state index in [-0.39, 0.29) is 5.41 Å². The highest BCUT2D eigenvalue weighted by Gasteiger charge is 2.33. The average molecular weight is 322 g/mol. The number of allylic oxidation sites excluding steroid dienone is 5. The molecule has 0 bridgehead atoms. The molecule has 126 valence electrons. The number of hydrogen-bond acceptors (Lipinski definition) is 2. The van der Waals surface area contributed by atoms with Crippen LogP contribution in [0.4, 0.5) is 0 Å². The standard InChI is InChI=1S/C20H35NS/c1-6-14-22-15-10-13-21-18(4)19(16-17(2)3)20(5)11-8-7-9-12-20/h7-9,11,17,19,21H,4,6,10,12-16H2,1-3,5H3. The minimum Gasteiger partial charge on any atom is -0.389 e. The molecule has 1 N–H and O–H groups in total. The number of rotatable bonds is 11. The van der Waals surface area contributed by atoms with Crippen LogP contribution in [0.1, 0.15) is 53.4 Å². The van der Waals surface area contributed by atoms with E-state index in [1.54, 1.807) is 0 Å². The van der Waals surface area contributed by atoms with Crippen LogP contribution in [0.3, 0.4) is 0 Å². The van der Waals surface area contributed by atoms with Gasteiger partial charge in [-0.25, -0.2) is 0 Å². The largest absolute Gasteiger partial charge is 0.389 e. The van der Waals surface area contributed by atoms with E-state index in [2.05, 4.69) is 75.7 Å². The summed E-state index contributed by atoms with van der Waals surface area (Å²) in [5.41, 5.74) is 1.44. The van der Waals surface area contributed by atoms with E-state index in [1.165, 1.54) is 36.5 Å². The van der Waals surface area contributed by atoms with E-state index in [9.17, 15) is 0 Å². The maximum absolute atomic E-state index is 4.39. The zero-order valence-electron chi connectivity index (χ0n) is 15.0. The smallest absolute Gasteiger partial charge is 0.0151 e. The van der Waals surface area contributed by atoms with Crippen molar-refractivity contribution >= 4 is 11.8 Å². The molecule has 1 nitrogen and oxygen atoms in total. The van der Waals surface area contributed by atoms with Crippen LogP contribution in [-0.4, -0.2) is 18.1 Å². The molecule has 0 saturated heterocycles. The Morgan fingerprint density at radius 1 is 1.32 bits per heavy atom. The molecule has 2 heteroatoms. The van der Waals surface area contributed by atoms with Gasteiger partial charge < -0.3 is 5.32 Å². The van der Waals surface area contributed by atoms with Gasteiger partial charge in [-0.1, -0.05) is 58.6 Å². The van der Waals surface area contributed by atoms with Gasteiger partial charge in [0.2, 0.25) is 0 Å².